The number of amides is 2. The van der Waals surface area contributed by atoms with Gasteiger partial charge in [0.1, 0.15) is 0 Å². The van der Waals surface area contributed by atoms with Crippen molar-refractivity contribution in [3.8, 4) is 0 Å². The van der Waals surface area contributed by atoms with E-state index in [0.717, 1.165) is 11.8 Å². The lowest BCUT2D eigenvalue weighted by Gasteiger charge is -2.21. The quantitative estimate of drug-likeness (QED) is 0.775. The van der Waals surface area contributed by atoms with Crippen molar-refractivity contribution in [1.82, 2.24) is 15.8 Å². The van der Waals surface area contributed by atoms with E-state index in [4.69, 9.17) is 0 Å². The monoisotopic (exact) mass is 374 g/mol. The van der Waals surface area contributed by atoms with Crippen LogP contribution in [0, 0.1) is 0 Å². The maximum Gasteiger partial charge on any atom is 0.271 e. The van der Waals surface area contributed by atoms with E-state index in [-0.39, 0.29) is 6.04 Å². The molecule has 1 aromatic carbocycles. The first kappa shape index (κ1) is 17.9. The maximum absolute atomic E-state index is 12.3. The van der Waals surface area contributed by atoms with Gasteiger partial charge >= 0.3 is 0 Å². The number of anilines is 1. The minimum absolute atomic E-state index is 0.205. The maximum atomic E-state index is 12.3. The lowest BCUT2D eigenvalue weighted by molar-refractivity contribution is 0.0846. The molecule has 1 atom stereocenters. The Labute approximate surface area is 151 Å². The third-order valence-corrected chi connectivity index (χ3v) is 5.34. The lowest BCUT2D eigenvalue weighted by Crippen LogP contribution is -2.41. The highest BCUT2D eigenvalue weighted by Gasteiger charge is 2.32. The molecular formula is C17H18N4O4S. The molecule has 2 N–H and O–H groups in total. The Morgan fingerprint density at radius 1 is 1.15 bits per heavy atom. The van der Waals surface area contributed by atoms with E-state index in [1.165, 1.54) is 16.6 Å². The molecule has 2 heterocycles. The number of carbonyl (C=O) groups excluding carboxylic acids is 2. The average molecular weight is 374 g/mol. The second-order valence-electron chi connectivity index (χ2n) is 6.11. The van der Waals surface area contributed by atoms with Gasteiger partial charge < -0.3 is 0 Å². The van der Waals surface area contributed by atoms with Crippen molar-refractivity contribution in [2.75, 3.05) is 10.6 Å². The fourth-order valence-electron chi connectivity index (χ4n) is 3.00. The van der Waals surface area contributed by atoms with Crippen LogP contribution in [0.15, 0.2) is 42.7 Å². The number of hydrazine groups is 1. The van der Waals surface area contributed by atoms with Gasteiger partial charge in [-0.05, 0) is 49.2 Å². The Hall–Kier alpha value is -2.94. The Kier molecular flexibility index (Phi) is 4.64. The second kappa shape index (κ2) is 6.75. The normalized spacial score (nSPS) is 16.1. The molecule has 0 bridgehead atoms. The minimum atomic E-state index is -3.38. The molecule has 0 fully saturated rings. The number of carbonyl (C=O) groups is 2. The molecule has 0 spiro atoms. The highest BCUT2D eigenvalue weighted by Crippen LogP contribution is 2.34. The van der Waals surface area contributed by atoms with E-state index < -0.39 is 21.8 Å². The molecule has 26 heavy (non-hydrogen) atoms. The van der Waals surface area contributed by atoms with Crippen LogP contribution < -0.4 is 15.2 Å². The molecule has 0 unspecified atom stereocenters. The van der Waals surface area contributed by atoms with Crippen LogP contribution in [0.3, 0.4) is 0 Å². The van der Waals surface area contributed by atoms with Crippen molar-refractivity contribution in [1.29, 1.82) is 0 Å². The van der Waals surface area contributed by atoms with Gasteiger partial charge in [0.25, 0.3) is 11.8 Å². The van der Waals surface area contributed by atoms with E-state index in [1.54, 1.807) is 30.5 Å². The van der Waals surface area contributed by atoms with Gasteiger partial charge in [-0.1, -0.05) is 0 Å². The lowest BCUT2D eigenvalue weighted by atomic mass is 10.1. The number of sulfonamides is 1. The zero-order valence-electron chi connectivity index (χ0n) is 14.3. The SMILES string of the molecule is C[C@@H]1Cc2cc(C(=O)NNC(=O)c3cccnc3)ccc2N1S(C)(=O)=O. The van der Waals surface area contributed by atoms with Gasteiger partial charge in [0.15, 0.2) is 0 Å². The summed E-state index contributed by atoms with van der Waals surface area (Å²) in [7, 11) is -3.38. The molecule has 2 aromatic rings. The van der Waals surface area contributed by atoms with Crippen LogP contribution in [-0.2, 0) is 16.4 Å². The smallest absolute Gasteiger partial charge is 0.267 e. The molecule has 3 rings (SSSR count). The molecule has 1 aromatic heterocycles. The third kappa shape index (κ3) is 3.52. The fraction of sp³-hybridized carbons (Fsp3) is 0.235. The number of hydrogen-bond donors (Lipinski definition) is 2. The van der Waals surface area contributed by atoms with Crippen molar-refractivity contribution < 1.29 is 18.0 Å². The van der Waals surface area contributed by atoms with Crippen LogP contribution >= 0.6 is 0 Å². The molecule has 136 valence electrons. The molecule has 0 saturated heterocycles. The van der Waals surface area contributed by atoms with Gasteiger partial charge in [-0.2, -0.15) is 0 Å². The molecule has 8 nitrogen and oxygen atoms in total. The van der Waals surface area contributed by atoms with Gasteiger partial charge in [0.2, 0.25) is 10.0 Å². The summed E-state index contributed by atoms with van der Waals surface area (Å²) in [4.78, 5) is 28.0. The van der Waals surface area contributed by atoms with Gasteiger partial charge in [0, 0.05) is 24.0 Å². The Bertz CT molecular complexity index is 960. The number of nitrogens with zero attached hydrogens (tertiary/aromatic N) is 2. The predicted molar refractivity (Wildman–Crippen MR) is 96.1 cm³/mol. The van der Waals surface area contributed by atoms with Crippen molar-refractivity contribution in [3.63, 3.8) is 0 Å². The minimum Gasteiger partial charge on any atom is -0.267 e. The molecular weight excluding hydrogens is 356 g/mol. The summed E-state index contributed by atoms with van der Waals surface area (Å²) >= 11 is 0. The molecule has 1 aliphatic rings. The van der Waals surface area contributed by atoms with Crippen LogP contribution in [0.5, 0.6) is 0 Å². The second-order valence-corrected chi connectivity index (χ2v) is 7.96. The highest BCUT2D eigenvalue weighted by molar-refractivity contribution is 7.92. The summed E-state index contributed by atoms with van der Waals surface area (Å²) in [5.74, 6) is -0.972. The van der Waals surface area contributed by atoms with Crippen molar-refractivity contribution in [2.24, 2.45) is 0 Å². The van der Waals surface area contributed by atoms with Crippen LogP contribution in [0.4, 0.5) is 5.69 Å². The molecule has 2 amide bonds. The first-order valence-corrected chi connectivity index (χ1v) is 9.75. The topological polar surface area (TPSA) is 108 Å². The van der Waals surface area contributed by atoms with Gasteiger partial charge in [-0.3, -0.25) is 29.7 Å². The van der Waals surface area contributed by atoms with E-state index in [0.29, 0.717) is 23.2 Å². The Morgan fingerprint density at radius 2 is 1.85 bits per heavy atom. The average Bonchev–Trinajstić information content (AvgIpc) is 2.95. The van der Waals surface area contributed by atoms with Crippen molar-refractivity contribution in [2.45, 2.75) is 19.4 Å². The largest absolute Gasteiger partial charge is 0.271 e. The zero-order valence-corrected chi connectivity index (χ0v) is 15.1. The molecule has 9 heteroatoms. The summed E-state index contributed by atoms with van der Waals surface area (Å²) in [6.07, 6.45) is 4.61. The number of benzene rings is 1. The molecule has 1 aliphatic heterocycles. The summed E-state index contributed by atoms with van der Waals surface area (Å²) < 4.78 is 25.2. The highest BCUT2D eigenvalue weighted by atomic mass is 32.2. The number of fused-ring (bicyclic) bond motifs is 1. The van der Waals surface area contributed by atoms with Gasteiger partial charge in [0.05, 0.1) is 17.5 Å². The van der Waals surface area contributed by atoms with Gasteiger partial charge in [-0.15, -0.1) is 0 Å². The van der Waals surface area contributed by atoms with E-state index in [9.17, 15) is 18.0 Å². The van der Waals surface area contributed by atoms with E-state index in [1.807, 2.05) is 6.92 Å². The Balaban J connectivity index is 1.72. The molecule has 0 saturated carbocycles. The zero-order chi connectivity index (χ0) is 18.9. The van der Waals surface area contributed by atoms with Gasteiger partial charge in [-0.25, -0.2) is 8.42 Å². The number of pyridine rings is 1. The first-order chi connectivity index (χ1) is 12.3. The summed E-state index contributed by atoms with van der Waals surface area (Å²) in [5.41, 5.74) is 6.67. The van der Waals surface area contributed by atoms with E-state index in [2.05, 4.69) is 15.8 Å². The fourth-order valence-corrected chi connectivity index (χ4v) is 4.27. The Morgan fingerprint density at radius 3 is 2.46 bits per heavy atom. The van der Waals surface area contributed by atoms with Crippen molar-refractivity contribution >= 4 is 27.5 Å². The van der Waals surface area contributed by atoms with Crippen LogP contribution in [0.25, 0.3) is 0 Å². The number of nitrogens with one attached hydrogen (secondary N) is 2. The van der Waals surface area contributed by atoms with Crippen molar-refractivity contribution in [3.05, 3.63) is 59.4 Å². The van der Waals surface area contributed by atoms with Crippen LogP contribution in [-0.4, -0.2) is 37.5 Å². The number of aromatic nitrogens is 1. The first-order valence-electron chi connectivity index (χ1n) is 7.90. The standard InChI is InChI=1S/C17H18N4O4S/c1-11-8-14-9-12(5-6-15(14)21(11)26(2,24)25)16(22)19-20-17(23)13-4-3-7-18-10-13/h3-7,9-11H,8H2,1-2H3,(H,19,22)(H,20,23)/t11-/m1/s1. The molecule has 0 aliphatic carbocycles. The number of rotatable bonds is 3. The summed E-state index contributed by atoms with van der Waals surface area (Å²) in [6.45, 7) is 1.81. The summed E-state index contributed by atoms with van der Waals surface area (Å²) in [6, 6.07) is 7.77. The third-order valence-electron chi connectivity index (χ3n) is 4.07. The van der Waals surface area contributed by atoms with E-state index >= 15 is 0 Å². The number of hydrogen-bond acceptors (Lipinski definition) is 5. The summed E-state index contributed by atoms with van der Waals surface area (Å²) in [5, 5.41) is 0. The van der Waals surface area contributed by atoms with Crippen LogP contribution in [0.1, 0.15) is 33.2 Å². The molecule has 0 radical (unpaired) electrons. The predicted octanol–water partition coefficient (Wildman–Crippen LogP) is 0.867. The van der Waals surface area contributed by atoms with Crippen LogP contribution in [0.2, 0.25) is 0 Å².